The van der Waals surface area contributed by atoms with Gasteiger partial charge in [-0.2, -0.15) is 0 Å². The van der Waals surface area contributed by atoms with E-state index in [2.05, 4.69) is 0 Å². The fourth-order valence-electron chi connectivity index (χ4n) is 5.65. The van der Waals surface area contributed by atoms with Gasteiger partial charge in [-0.15, -0.1) is 0 Å². The number of esters is 2. The van der Waals surface area contributed by atoms with Gasteiger partial charge >= 0.3 is 11.9 Å². The van der Waals surface area contributed by atoms with Gasteiger partial charge in [0, 0.05) is 19.3 Å². The van der Waals surface area contributed by atoms with Crippen molar-refractivity contribution in [3.05, 3.63) is 11.6 Å². The number of hydrogen-bond donors (Lipinski definition) is 2. The number of aliphatic hydroxyl groups excluding tert-OH is 2. The molecule has 27 heavy (non-hydrogen) atoms. The van der Waals surface area contributed by atoms with Crippen molar-refractivity contribution in [3.63, 3.8) is 0 Å². The SMILES string of the molecule is CC(=O)OCC12C(C=C(C)C(O)C1O)OC1C(OC(C)=O)CC2(C)C12CO2. The molecule has 2 bridgehead atoms. The van der Waals surface area contributed by atoms with Crippen molar-refractivity contribution in [2.75, 3.05) is 13.2 Å². The molecule has 8 heteroatoms. The van der Waals surface area contributed by atoms with Crippen LogP contribution in [0.1, 0.15) is 34.1 Å². The van der Waals surface area contributed by atoms with Gasteiger partial charge in [-0.1, -0.05) is 13.0 Å². The maximum absolute atomic E-state index is 11.6. The number of epoxide rings is 1. The maximum Gasteiger partial charge on any atom is 0.302 e. The summed E-state index contributed by atoms with van der Waals surface area (Å²) in [5.74, 6) is -0.901. The average molecular weight is 382 g/mol. The lowest BCUT2D eigenvalue weighted by Crippen LogP contribution is -2.71. The third kappa shape index (κ3) is 2.24. The van der Waals surface area contributed by atoms with E-state index in [4.69, 9.17) is 18.9 Å². The van der Waals surface area contributed by atoms with Crippen molar-refractivity contribution in [1.29, 1.82) is 0 Å². The first-order valence-electron chi connectivity index (χ1n) is 9.23. The molecule has 2 saturated heterocycles. The molecule has 0 radical (unpaired) electrons. The zero-order valence-electron chi connectivity index (χ0n) is 15.9. The van der Waals surface area contributed by atoms with Gasteiger partial charge in [-0.3, -0.25) is 9.59 Å². The third-order valence-electron chi connectivity index (χ3n) is 7.16. The Morgan fingerprint density at radius 2 is 1.96 bits per heavy atom. The van der Waals surface area contributed by atoms with Crippen molar-refractivity contribution in [2.24, 2.45) is 10.8 Å². The summed E-state index contributed by atoms with van der Waals surface area (Å²) in [7, 11) is 0. The van der Waals surface area contributed by atoms with Gasteiger partial charge in [-0.05, 0) is 18.9 Å². The molecule has 150 valence electrons. The number of rotatable bonds is 3. The van der Waals surface area contributed by atoms with Crippen LogP contribution in [0.3, 0.4) is 0 Å². The Morgan fingerprint density at radius 1 is 1.30 bits per heavy atom. The molecule has 2 N–H and O–H groups in total. The Hall–Kier alpha value is -1.48. The van der Waals surface area contributed by atoms with Gasteiger partial charge < -0.3 is 29.2 Å². The summed E-state index contributed by atoms with van der Waals surface area (Å²) >= 11 is 0. The highest BCUT2D eigenvalue weighted by Gasteiger charge is 2.84. The smallest absolute Gasteiger partial charge is 0.302 e. The molecular weight excluding hydrogens is 356 g/mol. The van der Waals surface area contributed by atoms with Crippen molar-refractivity contribution >= 4 is 11.9 Å². The molecule has 0 aromatic carbocycles. The van der Waals surface area contributed by atoms with Gasteiger partial charge in [-0.25, -0.2) is 0 Å². The third-order valence-corrected chi connectivity index (χ3v) is 7.16. The molecule has 2 aliphatic heterocycles. The molecule has 4 rings (SSSR count). The Morgan fingerprint density at radius 3 is 2.52 bits per heavy atom. The summed E-state index contributed by atoms with van der Waals surface area (Å²) < 4.78 is 23.1. The number of ether oxygens (including phenoxy) is 4. The zero-order chi connectivity index (χ0) is 19.8. The van der Waals surface area contributed by atoms with E-state index in [1.165, 1.54) is 13.8 Å². The van der Waals surface area contributed by atoms with Gasteiger partial charge in [0.15, 0.2) is 0 Å². The van der Waals surface area contributed by atoms with Crippen LogP contribution in [-0.4, -0.2) is 71.5 Å². The van der Waals surface area contributed by atoms with E-state index in [1.54, 1.807) is 13.0 Å². The molecule has 2 heterocycles. The van der Waals surface area contributed by atoms with Crippen molar-refractivity contribution in [1.82, 2.24) is 0 Å². The molecule has 8 nitrogen and oxygen atoms in total. The van der Waals surface area contributed by atoms with Gasteiger partial charge in [0.25, 0.3) is 0 Å². The van der Waals surface area contributed by atoms with Crippen LogP contribution in [0.25, 0.3) is 0 Å². The molecule has 1 spiro atoms. The minimum absolute atomic E-state index is 0.129. The molecule has 4 aliphatic rings. The predicted octanol–water partition coefficient (Wildman–Crippen LogP) is 0.0957. The Kier molecular flexibility index (Phi) is 4.03. The fraction of sp³-hybridized carbons (Fsp3) is 0.789. The number of hydrogen-bond acceptors (Lipinski definition) is 8. The second-order valence-electron chi connectivity index (χ2n) is 8.46. The van der Waals surface area contributed by atoms with Crippen LogP contribution < -0.4 is 0 Å². The molecule has 1 saturated carbocycles. The highest BCUT2D eigenvalue weighted by molar-refractivity contribution is 5.66. The molecule has 3 fully saturated rings. The van der Waals surface area contributed by atoms with Crippen LogP contribution in [0.5, 0.6) is 0 Å². The lowest BCUT2D eigenvalue weighted by Gasteiger charge is -2.59. The van der Waals surface area contributed by atoms with E-state index in [9.17, 15) is 19.8 Å². The quantitative estimate of drug-likeness (QED) is 0.401. The van der Waals surface area contributed by atoms with Crippen LogP contribution in [0.2, 0.25) is 0 Å². The first-order chi connectivity index (χ1) is 12.6. The summed E-state index contributed by atoms with van der Waals surface area (Å²) in [5, 5.41) is 21.8. The molecule has 8 atom stereocenters. The van der Waals surface area contributed by atoms with Crippen LogP contribution in [0, 0.1) is 10.8 Å². The fourth-order valence-corrected chi connectivity index (χ4v) is 5.65. The number of aliphatic hydroxyl groups is 2. The highest BCUT2D eigenvalue weighted by atomic mass is 16.7. The van der Waals surface area contributed by atoms with Crippen LogP contribution in [0.4, 0.5) is 0 Å². The summed E-state index contributed by atoms with van der Waals surface area (Å²) in [6.07, 6.45) is -1.81. The standard InChI is InChI=1S/C19H26O8/c1-9-5-13-18(7-24-10(2)20,15(23)14(9)22)17(4)6-12(26-11(3)21)16(27-13)19(17)8-25-19/h5,12-16,22-23H,6-8H2,1-4H3. The van der Waals surface area contributed by atoms with Crippen LogP contribution in [-0.2, 0) is 28.5 Å². The molecule has 8 unspecified atom stereocenters. The van der Waals surface area contributed by atoms with Crippen LogP contribution in [0.15, 0.2) is 11.6 Å². The summed E-state index contributed by atoms with van der Waals surface area (Å²) in [5.41, 5.74) is -2.02. The minimum Gasteiger partial charge on any atom is -0.465 e. The van der Waals surface area contributed by atoms with Crippen molar-refractivity contribution < 1.29 is 38.7 Å². The lowest BCUT2D eigenvalue weighted by atomic mass is 9.50. The molecule has 2 aliphatic carbocycles. The molecule has 0 aromatic heterocycles. The van der Waals surface area contributed by atoms with E-state index in [0.29, 0.717) is 18.6 Å². The van der Waals surface area contributed by atoms with Crippen LogP contribution >= 0.6 is 0 Å². The minimum atomic E-state index is -1.23. The predicted molar refractivity (Wildman–Crippen MR) is 90.5 cm³/mol. The number of carbonyl (C=O) groups excluding carboxylic acids is 2. The first kappa shape index (κ1) is 18.9. The van der Waals surface area contributed by atoms with E-state index < -0.39 is 58.9 Å². The summed E-state index contributed by atoms with van der Waals surface area (Å²) in [4.78, 5) is 23.2. The normalized spacial score (nSPS) is 50.0. The van der Waals surface area contributed by atoms with Gasteiger partial charge in [0.05, 0.1) is 24.2 Å². The Balaban J connectivity index is 1.85. The highest BCUT2D eigenvalue weighted by Crippen LogP contribution is 2.71. The van der Waals surface area contributed by atoms with E-state index in [-0.39, 0.29) is 6.61 Å². The van der Waals surface area contributed by atoms with Crippen molar-refractivity contribution in [2.45, 2.75) is 70.2 Å². The topological polar surface area (TPSA) is 115 Å². The second-order valence-corrected chi connectivity index (χ2v) is 8.46. The van der Waals surface area contributed by atoms with E-state index >= 15 is 0 Å². The second kappa shape index (κ2) is 5.76. The number of carbonyl (C=O) groups is 2. The average Bonchev–Trinajstić information content (AvgIpc) is 3.34. The van der Waals surface area contributed by atoms with E-state index in [0.717, 1.165) is 0 Å². The Bertz CT molecular complexity index is 712. The zero-order valence-corrected chi connectivity index (χ0v) is 15.9. The largest absolute Gasteiger partial charge is 0.465 e. The molecule has 0 aromatic rings. The van der Waals surface area contributed by atoms with Crippen molar-refractivity contribution in [3.8, 4) is 0 Å². The lowest BCUT2D eigenvalue weighted by molar-refractivity contribution is -0.264. The summed E-state index contributed by atoms with van der Waals surface area (Å²) in [6, 6.07) is 0. The summed E-state index contributed by atoms with van der Waals surface area (Å²) in [6.45, 7) is 6.57. The molecular formula is C19H26O8. The number of fused-ring (bicyclic) bond motifs is 2. The van der Waals surface area contributed by atoms with Gasteiger partial charge in [0.2, 0.25) is 0 Å². The monoisotopic (exact) mass is 382 g/mol. The van der Waals surface area contributed by atoms with E-state index in [1.807, 2.05) is 6.92 Å². The Labute approximate surface area is 157 Å². The first-order valence-corrected chi connectivity index (χ1v) is 9.23. The molecule has 0 amide bonds. The maximum atomic E-state index is 11.6. The van der Waals surface area contributed by atoms with Gasteiger partial charge in [0.1, 0.15) is 30.5 Å².